The molecule has 0 saturated carbocycles. The summed E-state index contributed by atoms with van der Waals surface area (Å²) in [7, 11) is 0. The first-order valence-electron chi connectivity index (χ1n) is 6.64. The molecule has 0 radical (unpaired) electrons. The Bertz CT molecular complexity index is 584. The lowest BCUT2D eigenvalue weighted by Gasteiger charge is -2.17. The molecular formula is C15H19N5. The summed E-state index contributed by atoms with van der Waals surface area (Å²) in [6, 6.07) is 1.72. The van der Waals surface area contributed by atoms with E-state index < -0.39 is 0 Å². The molecule has 5 heteroatoms. The quantitative estimate of drug-likeness (QED) is 0.674. The standard InChI is InChI=1S/C15H19N5/c1-3-20(15-10-14(16)17-11-18-15)19-12(2)13-8-6-4-5-7-9-13/h4,6-11H,3,5H2,1-2H3,(H2,16,17,18)/b19-12+. The third-order valence-electron chi connectivity index (χ3n) is 2.91. The lowest BCUT2D eigenvalue weighted by Crippen LogP contribution is -2.19. The summed E-state index contributed by atoms with van der Waals surface area (Å²) in [4.78, 5) is 8.10. The average molecular weight is 269 g/mol. The number of hydrazone groups is 1. The zero-order chi connectivity index (χ0) is 14.4. The zero-order valence-electron chi connectivity index (χ0n) is 11.8. The van der Waals surface area contributed by atoms with Crippen LogP contribution in [0.5, 0.6) is 0 Å². The van der Waals surface area contributed by atoms with Gasteiger partial charge >= 0.3 is 0 Å². The Morgan fingerprint density at radius 3 is 3.00 bits per heavy atom. The van der Waals surface area contributed by atoms with E-state index in [-0.39, 0.29) is 0 Å². The van der Waals surface area contributed by atoms with Crippen LogP contribution in [0.15, 0.2) is 53.4 Å². The van der Waals surface area contributed by atoms with E-state index in [0.717, 1.165) is 17.7 Å². The van der Waals surface area contributed by atoms with E-state index in [1.165, 1.54) is 6.33 Å². The molecular weight excluding hydrogens is 250 g/mol. The van der Waals surface area contributed by atoms with Crippen molar-refractivity contribution in [2.24, 2.45) is 5.10 Å². The summed E-state index contributed by atoms with van der Waals surface area (Å²) in [6.45, 7) is 4.72. The number of nitrogens with two attached hydrogens (primary N) is 1. The number of nitrogen functional groups attached to an aromatic ring is 1. The van der Waals surface area contributed by atoms with Crippen LogP contribution in [0, 0.1) is 0 Å². The highest BCUT2D eigenvalue weighted by atomic mass is 15.5. The maximum absolute atomic E-state index is 5.69. The van der Waals surface area contributed by atoms with E-state index in [9.17, 15) is 0 Å². The molecule has 0 aromatic carbocycles. The number of allylic oxidation sites excluding steroid dienone is 6. The first kappa shape index (κ1) is 14.0. The topological polar surface area (TPSA) is 67.4 Å². The molecule has 0 amide bonds. The van der Waals surface area contributed by atoms with E-state index in [0.29, 0.717) is 18.2 Å². The minimum absolute atomic E-state index is 0.442. The summed E-state index contributed by atoms with van der Waals surface area (Å²) in [5.41, 5.74) is 7.72. The van der Waals surface area contributed by atoms with Gasteiger partial charge in [-0.3, -0.25) is 0 Å². The smallest absolute Gasteiger partial charge is 0.154 e. The third kappa shape index (κ3) is 3.54. The fourth-order valence-corrected chi connectivity index (χ4v) is 1.85. The van der Waals surface area contributed by atoms with Crippen molar-refractivity contribution in [1.29, 1.82) is 0 Å². The van der Waals surface area contributed by atoms with Gasteiger partial charge in [-0.1, -0.05) is 30.4 Å². The molecule has 0 saturated heterocycles. The van der Waals surface area contributed by atoms with Crippen LogP contribution >= 0.6 is 0 Å². The van der Waals surface area contributed by atoms with Crippen molar-refractivity contribution < 1.29 is 0 Å². The Labute approximate surface area is 119 Å². The molecule has 0 fully saturated rings. The maximum Gasteiger partial charge on any atom is 0.154 e. The molecule has 0 unspecified atom stereocenters. The molecule has 0 aliphatic heterocycles. The Morgan fingerprint density at radius 1 is 1.40 bits per heavy atom. The predicted octanol–water partition coefficient (Wildman–Crippen LogP) is 2.70. The highest BCUT2D eigenvalue weighted by Crippen LogP contribution is 2.14. The fourth-order valence-electron chi connectivity index (χ4n) is 1.85. The van der Waals surface area contributed by atoms with Gasteiger partial charge in [0.05, 0.1) is 5.71 Å². The molecule has 2 rings (SSSR count). The summed E-state index contributed by atoms with van der Waals surface area (Å²) in [6.07, 6.45) is 12.8. The van der Waals surface area contributed by atoms with Gasteiger partial charge in [-0.25, -0.2) is 15.0 Å². The fraction of sp³-hybridized carbons (Fsp3) is 0.267. The molecule has 5 nitrogen and oxygen atoms in total. The normalized spacial score (nSPS) is 14.9. The molecule has 0 bridgehead atoms. The maximum atomic E-state index is 5.69. The van der Waals surface area contributed by atoms with Crippen LogP contribution in [0.3, 0.4) is 0 Å². The first-order chi connectivity index (χ1) is 9.70. The van der Waals surface area contributed by atoms with E-state index in [1.807, 2.05) is 24.9 Å². The van der Waals surface area contributed by atoms with Crippen molar-refractivity contribution in [2.75, 3.05) is 17.3 Å². The second-order valence-corrected chi connectivity index (χ2v) is 4.39. The highest BCUT2D eigenvalue weighted by Gasteiger charge is 2.07. The Hall–Kier alpha value is -2.43. The number of hydrogen-bond donors (Lipinski definition) is 1. The SMILES string of the molecule is CCN(/N=C(\C)C1=CC=CCC=C1)c1cc(N)ncn1. The highest BCUT2D eigenvalue weighted by molar-refractivity contribution is 6.01. The number of hydrogen-bond acceptors (Lipinski definition) is 5. The van der Waals surface area contributed by atoms with Crippen LogP contribution in [-0.4, -0.2) is 22.2 Å². The van der Waals surface area contributed by atoms with E-state index >= 15 is 0 Å². The minimum atomic E-state index is 0.442. The summed E-state index contributed by atoms with van der Waals surface area (Å²) in [5.74, 6) is 1.14. The van der Waals surface area contributed by atoms with Crippen LogP contribution in [0.1, 0.15) is 20.3 Å². The molecule has 104 valence electrons. The molecule has 0 atom stereocenters. The largest absolute Gasteiger partial charge is 0.384 e. The molecule has 1 aliphatic rings. The van der Waals surface area contributed by atoms with Gasteiger partial charge in [0, 0.05) is 12.6 Å². The zero-order valence-corrected chi connectivity index (χ0v) is 11.8. The molecule has 0 spiro atoms. The van der Waals surface area contributed by atoms with Gasteiger partial charge in [0.25, 0.3) is 0 Å². The number of aromatic nitrogens is 2. The van der Waals surface area contributed by atoms with Crippen LogP contribution in [-0.2, 0) is 0 Å². The average Bonchev–Trinajstić information content (AvgIpc) is 2.73. The van der Waals surface area contributed by atoms with Gasteiger partial charge < -0.3 is 5.73 Å². The Balaban J connectivity index is 2.26. The molecule has 20 heavy (non-hydrogen) atoms. The monoisotopic (exact) mass is 269 g/mol. The van der Waals surface area contributed by atoms with E-state index in [2.05, 4.69) is 39.4 Å². The van der Waals surface area contributed by atoms with Gasteiger partial charge in [0.2, 0.25) is 0 Å². The summed E-state index contributed by atoms with van der Waals surface area (Å²) >= 11 is 0. The van der Waals surface area contributed by atoms with Crippen LogP contribution in [0.2, 0.25) is 0 Å². The second kappa shape index (κ2) is 6.65. The van der Waals surface area contributed by atoms with E-state index in [4.69, 9.17) is 5.73 Å². The number of anilines is 2. The van der Waals surface area contributed by atoms with Crippen molar-refractivity contribution in [3.05, 3.63) is 48.3 Å². The number of rotatable bonds is 4. The van der Waals surface area contributed by atoms with Gasteiger partial charge in [0.1, 0.15) is 12.1 Å². The predicted molar refractivity (Wildman–Crippen MR) is 83.6 cm³/mol. The Kier molecular flexibility index (Phi) is 4.65. The minimum Gasteiger partial charge on any atom is -0.384 e. The van der Waals surface area contributed by atoms with Gasteiger partial charge in [0.15, 0.2) is 5.82 Å². The molecule has 1 heterocycles. The Morgan fingerprint density at radius 2 is 2.25 bits per heavy atom. The van der Waals surface area contributed by atoms with Crippen molar-refractivity contribution >= 4 is 17.3 Å². The third-order valence-corrected chi connectivity index (χ3v) is 2.91. The van der Waals surface area contributed by atoms with Crippen LogP contribution < -0.4 is 10.7 Å². The summed E-state index contributed by atoms with van der Waals surface area (Å²) in [5, 5.41) is 6.44. The van der Waals surface area contributed by atoms with Crippen LogP contribution in [0.4, 0.5) is 11.6 Å². The van der Waals surface area contributed by atoms with Crippen molar-refractivity contribution in [3.63, 3.8) is 0 Å². The molecule has 1 aliphatic carbocycles. The summed E-state index contributed by atoms with van der Waals surface area (Å²) < 4.78 is 0. The lowest BCUT2D eigenvalue weighted by atomic mass is 10.1. The van der Waals surface area contributed by atoms with Crippen molar-refractivity contribution in [3.8, 4) is 0 Å². The molecule has 2 N–H and O–H groups in total. The van der Waals surface area contributed by atoms with E-state index in [1.54, 1.807) is 6.07 Å². The number of nitrogens with zero attached hydrogens (tertiary/aromatic N) is 4. The van der Waals surface area contributed by atoms with Crippen molar-refractivity contribution in [1.82, 2.24) is 9.97 Å². The lowest BCUT2D eigenvalue weighted by molar-refractivity contribution is 0.864. The van der Waals surface area contributed by atoms with Gasteiger partial charge in [-0.2, -0.15) is 5.10 Å². The molecule has 1 aromatic rings. The molecule has 1 aromatic heterocycles. The first-order valence-corrected chi connectivity index (χ1v) is 6.64. The van der Waals surface area contributed by atoms with Crippen molar-refractivity contribution in [2.45, 2.75) is 20.3 Å². The van der Waals surface area contributed by atoms with Crippen LogP contribution in [0.25, 0.3) is 0 Å². The van der Waals surface area contributed by atoms with Gasteiger partial charge in [-0.05, 0) is 25.8 Å². The van der Waals surface area contributed by atoms with Gasteiger partial charge in [-0.15, -0.1) is 0 Å². The second-order valence-electron chi connectivity index (χ2n) is 4.39.